The highest BCUT2D eigenvalue weighted by Crippen LogP contribution is 2.28. The minimum absolute atomic E-state index is 0.538. The lowest BCUT2D eigenvalue weighted by atomic mass is 10.1. The van der Waals surface area contributed by atoms with Crippen molar-refractivity contribution in [3.8, 4) is 5.75 Å². The Kier molecular flexibility index (Phi) is 4.93. The molecule has 0 aliphatic carbocycles. The summed E-state index contributed by atoms with van der Waals surface area (Å²) in [5.41, 5.74) is 1.99. The van der Waals surface area contributed by atoms with Crippen LogP contribution in [-0.2, 0) is 6.42 Å². The van der Waals surface area contributed by atoms with Gasteiger partial charge in [0.1, 0.15) is 5.75 Å². The second-order valence-electron chi connectivity index (χ2n) is 4.31. The summed E-state index contributed by atoms with van der Waals surface area (Å²) in [5.74, 6) is 0.721. The van der Waals surface area contributed by atoms with Crippen LogP contribution in [-0.4, -0.2) is 16.7 Å². The first-order valence-corrected chi connectivity index (χ1v) is 6.95. The number of rotatable bonds is 5. The fourth-order valence-electron chi connectivity index (χ4n) is 1.81. The van der Waals surface area contributed by atoms with Gasteiger partial charge < -0.3 is 9.84 Å². The number of nitrogens with zero attached hydrogens (tertiary/aromatic N) is 1. The summed E-state index contributed by atoms with van der Waals surface area (Å²) in [5, 5.41) is 9.71. The summed E-state index contributed by atoms with van der Waals surface area (Å²) in [4.78, 5) is 3.98. The van der Waals surface area contributed by atoms with Gasteiger partial charge in [0.2, 0.25) is 0 Å². The lowest BCUT2D eigenvalue weighted by molar-refractivity contribution is 0.191. The van der Waals surface area contributed by atoms with E-state index in [0.29, 0.717) is 6.61 Å². The van der Waals surface area contributed by atoms with E-state index in [-0.39, 0.29) is 0 Å². The maximum atomic E-state index is 9.71. The van der Waals surface area contributed by atoms with Crippen LogP contribution in [0.3, 0.4) is 0 Å². The van der Waals surface area contributed by atoms with Gasteiger partial charge in [0.15, 0.2) is 0 Å². The molecule has 2 aromatic rings. The first-order chi connectivity index (χ1) is 9.16. The second-order valence-corrected chi connectivity index (χ2v) is 5.23. The summed E-state index contributed by atoms with van der Waals surface area (Å²) in [6, 6.07) is 9.60. The zero-order valence-corrected chi connectivity index (χ0v) is 12.3. The van der Waals surface area contributed by atoms with Gasteiger partial charge in [-0.05, 0) is 36.8 Å². The van der Waals surface area contributed by atoms with E-state index in [1.54, 1.807) is 19.3 Å². The number of aliphatic hydroxyl groups is 1. The van der Waals surface area contributed by atoms with Crippen molar-refractivity contribution in [3.63, 3.8) is 0 Å². The van der Waals surface area contributed by atoms with Crippen molar-refractivity contribution in [1.82, 2.24) is 4.98 Å². The van der Waals surface area contributed by atoms with E-state index in [1.165, 1.54) is 5.56 Å². The van der Waals surface area contributed by atoms with Crippen LogP contribution in [0.25, 0.3) is 0 Å². The molecule has 0 saturated carbocycles. The zero-order valence-electron chi connectivity index (χ0n) is 10.7. The Hall–Kier alpha value is -1.39. The van der Waals surface area contributed by atoms with E-state index in [4.69, 9.17) is 4.74 Å². The molecule has 1 heterocycles. The molecule has 0 radical (unpaired) electrons. The van der Waals surface area contributed by atoms with Crippen molar-refractivity contribution in [1.29, 1.82) is 0 Å². The molecule has 3 nitrogen and oxygen atoms in total. The van der Waals surface area contributed by atoms with Crippen LogP contribution in [0.1, 0.15) is 24.2 Å². The summed E-state index contributed by atoms with van der Waals surface area (Å²) >= 11 is 3.41. The molecule has 0 aliphatic rings. The molecule has 0 bridgehead atoms. The maximum absolute atomic E-state index is 9.71. The number of benzene rings is 1. The van der Waals surface area contributed by atoms with Crippen molar-refractivity contribution in [2.45, 2.75) is 19.4 Å². The number of halogens is 1. The average Bonchev–Trinajstić information content (AvgIpc) is 2.39. The number of hydrogen-bond donors (Lipinski definition) is 1. The fourth-order valence-corrected chi connectivity index (χ4v) is 2.15. The smallest absolute Gasteiger partial charge is 0.126 e. The van der Waals surface area contributed by atoms with Crippen molar-refractivity contribution < 1.29 is 9.84 Å². The molecular formula is C15H16BrNO2. The predicted molar refractivity (Wildman–Crippen MR) is 78.2 cm³/mol. The van der Waals surface area contributed by atoms with Crippen molar-refractivity contribution in [3.05, 3.63) is 58.3 Å². The topological polar surface area (TPSA) is 42.4 Å². The minimum Gasteiger partial charge on any atom is -0.493 e. The zero-order chi connectivity index (χ0) is 13.7. The van der Waals surface area contributed by atoms with Crippen molar-refractivity contribution in [2.24, 2.45) is 0 Å². The lowest BCUT2D eigenvalue weighted by Crippen LogP contribution is -2.05. The van der Waals surface area contributed by atoms with Gasteiger partial charge in [-0.2, -0.15) is 0 Å². The van der Waals surface area contributed by atoms with Crippen LogP contribution in [0.15, 0.2) is 47.2 Å². The number of aliphatic hydroxyl groups excluding tert-OH is 1. The van der Waals surface area contributed by atoms with Gasteiger partial charge in [-0.1, -0.05) is 22.0 Å². The van der Waals surface area contributed by atoms with E-state index in [2.05, 4.69) is 20.9 Å². The third-order valence-electron chi connectivity index (χ3n) is 2.82. The monoisotopic (exact) mass is 321 g/mol. The standard InChI is InChI=1S/C15H16BrNO2/c1-11(18)14-3-2-13(16)10-15(14)19-9-6-12-4-7-17-8-5-12/h2-5,7-8,10-11,18H,6,9H2,1H3/t11-/m1/s1. The number of ether oxygens (including phenoxy) is 1. The van der Waals surface area contributed by atoms with Crippen molar-refractivity contribution >= 4 is 15.9 Å². The number of hydrogen-bond acceptors (Lipinski definition) is 3. The van der Waals surface area contributed by atoms with E-state index < -0.39 is 6.10 Å². The Balaban J connectivity index is 2.01. The van der Waals surface area contributed by atoms with E-state index in [0.717, 1.165) is 22.2 Å². The molecular weight excluding hydrogens is 306 g/mol. The molecule has 0 aliphatic heterocycles. The molecule has 1 N–H and O–H groups in total. The summed E-state index contributed by atoms with van der Waals surface area (Å²) in [7, 11) is 0. The SMILES string of the molecule is C[C@@H](O)c1ccc(Br)cc1OCCc1ccncc1. The van der Waals surface area contributed by atoms with Gasteiger partial charge in [0.05, 0.1) is 12.7 Å². The minimum atomic E-state index is -0.538. The Morgan fingerprint density at radius 1 is 1.26 bits per heavy atom. The molecule has 4 heteroatoms. The van der Waals surface area contributed by atoms with Crippen molar-refractivity contribution in [2.75, 3.05) is 6.61 Å². The van der Waals surface area contributed by atoms with E-state index >= 15 is 0 Å². The quantitative estimate of drug-likeness (QED) is 0.916. The summed E-state index contributed by atoms with van der Waals surface area (Å²) < 4.78 is 6.71. The molecule has 0 unspecified atom stereocenters. The summed E-state index contributed by atoms with van der Waals surface area (Å²) in [6.07, 6.45) is 3.82. The third-order valence-corrected chi connectivity index (χ3v) is 3.32. The van der Waals surface area contributed by atoms with Crippen LogP contribution >= 0.6 is 15.9 Å². The molecule has 0 amide bonds. The van der Waals surface area contributed by atoms with Crippen LogP contribution in [0.2, 0.25) is 0 Å². The van der Waals surface area contributed by atoms with Crippen LogP contribution in [0, 0.1) is 0 Å². The molecule has 19 heavy (non-hydrogen) atoms. The Labute approximate surface area is 121 Å². The molecule has 0 saturated heterocycles. The van der Waals surface area contributed by atoms with Crippen LogP contribution in [0.5, 0.6) is 5.75 Å². The van der Waals surface area contributed by atoms with Crippen LogP contribution in [0.4, 0.5) is 0 Å². The molecule has 1 aromatic carbocycles. The van der Waals surface area contributed by atoms with Crippen LogP contribution < -0.4 is 4.74 Å². The normalized spacial score (nSPS) is 12.2. The summed E-state index contributed by atoms with van der Waals surface area (Å²) in [6.45, 7) is 2.30. The first kappa shape index (κ1) is 14.0. The number of aromatic nitrogens is 1. The van der Waals surface area contributed by atoms with E-state index in [9.17, 15) is 5.11 Å². The average molecular weight is 322 g/mol. The fraction of sp³-hybridized carbons (Fsp3) is 0.267. The Bertz CT molecular complexity index is 529. The van der Waals surface area contributed by atoms with Gasteiger partial charge in [-0.15, -0.1) is 0 Å². The molecule has 1 atom stereocenters. The predicted octanol–water partition coefficient (Wildman–Crippen LogP) is 3.52. The third kappa shape index (κ3) is 4.04. The van der Waals surface area contributed by atoms with Gasteiger partial charge in [-0.3, -0.25) is 4.98 Å². The highest BCUT2D eigenvalue weighted by atomic mass is 79.9. The first-order valence-electron chi connectivity index (χ1n) is 6.16. The highest BCUT2D eigenvalue weighted by molar-refractivity contribution is 9.10. The lowest BCUT2D eigenvalue weighted by Gasteiger charge is -2.14. The Morgan fingerprint density at radius 3 is 2.68 bits per heavy atom. The highest BCUT2D eigenvalue weighted by Gasteiger charge is 2.09. The second kappa shape index (κ2) is 6.68. The Morgan fingerprint density at radius 2 is 2.00 bits per heavy atom. The molecule has 0 fully saturated rings. The number of pyridine rings is 1. The van der Waals surface area contributed by atoms with E-state index in [1.807, 2.05) is 30.3 Å². The molecule has 2 rings (SSSR count). The van der Waals surface area contributed by atoms with Gasteiger partial charge in [0, 0.05) is 28.9 Å². The molecule has 100 valence electrons. The maximum Gasteiger partial charge on any atom is 0.126 e. The molecule has 0 spiro atoms. The van der Waals surface area contributed by atoms with Gasteiger partial charge in [0.25, 0.3) is 0 Å². The largest absolute Gasteiger partial charge is 0.493 e. The van der Waals surface area contributed by atoms with Gasteiger partial charge in [-0.25, -0.2) is 0 Å². The van der Waals surface area contributed by atoms with Gasteiger partial charge >= 0.3 is 0 Å². The molecule has 1 aromatic heterocycles.